The van der Waals surface area contributed by atoms with Crippen molar-refractivity contribution in [1.82, 2.24) is 0 Å². The first-order chi connectivity index (χ1) is 12.8. The normalized spacial score (nSPS) is 18.2. The van der Waals surface area contributed by atoms with Gasteiger partial charge in [0.1, 0.15) is 11.4 Å². The van der Waals surface area contributed by atoms with Gasteiger partial charge in [-0.05, 0) is 74.9 Å². The Balaban J connectivity index is 0.00000225. The predicted molar refractivity (Wildman–Crippen MR) is 105 cm³/mol. The van der Waals surface area contributed by atoms with Crippen LogP contribution in [-0.4, -0.2) is 24.7 Å². The van der Waals surface area contributed by atoms with Crippen LogP contribution in [0.2, 0.25) is 0 Å². The molecule has 2 aromatic rings. The molecular formula is C23H26NNaO3. The van der Waals surface area contributed by atoms with E-state index in [1.165, 1.54) is 16.7 Å². The van der Waals surface area contributed by atoms with Gasteiger partial charge in [-0.15, -0.1) is 0 Å². The molecule has 4 rings (SSSR count). The minimum absolute atomic E-state index is 0. The number of hydrogen-bond donors (Lipinski definition) is 0. The van der Waals surface area contributed by atoms with E-state index < -0.39 is 5.97 Å². The third-order valence-electron chi connectivity index (χ3n) is 5.68. The third kappa shape index (κ3) is 4.24. The number of aryl methyl sites for hydroxylation is 1. The second kappa shape index (κ2) is 8.10. The molecule has 0 radical (unpaired) electrons. The number of nitrogens with zero attached hydrogens (tertiary/aromatic N) is 1. The molecule has 2 aliphatic rings. The molecule has 2 heterocycles. The number of carbonyl (C=O) groups excluding carboxylic acids is 1. The van der Waals surface area contributed by atoms with E-state index in [1.54, 1.807) is 0 Å². The summed E-state index contributed by atoms with van der Waals surface area (Å²) < 4.78 is 6.36. The molecule has 0 spiro atoms. The van der Waals surface area contributed by atoms with Gasteiger partial charge in [-0.2, -0.15) is 0 Å². The molecule has 0 amide bonds. The smallest absolute Gasteiger partial charge is 0.550 e. The van der Waals surface area contributed by atoms with Crippen LogP contribution >= 0.6 is 0 Å². The first-order valence-corrected chi connectivity index (χ1v) is 9.71. The van der Waals surface area contributed by atoms with Crippen LogP contribution < -0.4 is 44.3 Å². The fourth-order valence-corrected chi connectivity index (χ4v) is 4.14. The van der Waals surface area contributed by atoms with Crippen LogP contribution in [0.5, 0.6) is 5.75 Å². The van der Waals surface area contributed by atoms with Gasteiger partial charge in [0.05, 0.1) is 0 Å². The summed E-state index contributed by atoms with van der Waals surface area (Å²) >= 11 is 0. The van der Waals surface area contributed by atoms with Crippen molar-refractivity contribution in [3.8, 4) is 16.9 Å². The predicted octanol–water partition coefficient (Wildman–Crippen LogP) is 0.346. The van der Waals surface area contributed by atoms with Gasteiger partial charge >= 0.3 is 29.6 Å². The van der Waals surface area contributed by atoms with E-state index in [0.29, 0.717) is 13.1 Å². The Hall–Kier alpha value is -1.49. The molecule has 2 aromatic carbocycles. The molecule has 5 heteroatoms. The summed E-state index contributed by atoms with van der Waals surface area (Å²) in [7, 11) is 0. The molecule has 0 N–H and O–H groups in total. The molecule has 4 nitrogen and oxygen atoms in total. The quantitative estimate of drug-likeness (QED) is 0.713. The molecule has 2 aliphatic heterocycles. The number of anilines is 1. The Morgan fingerprint density at radius 2 is 1.96 bits per heavy atom. The number of carbonyl (C=O) groups is 1. The molecule has 142 valence electrons. The van der Waals surface area contributed by atoms with E-state index in [-0.39, 0.29) is 41.1 Å². The number of rotatable bonds is 3. The van der Waals surface area contributed by atoms with Crippen molar-refractivity contribution >= 4 is 11.7 Å². The van der Waals surface area contributed by atoms with Crippen LogP contribution in [0.1, 0.15) is 37.8 Å². The van der Waals surface area contributed by atoms with Crippen LogP contribution in [0.4, 0.5) is 5.69 Å². The second-order valence-electron chi connectivity index (χ2n) is 8.48. The molecule has 0 bridgehead atoms. The Morgan fingerprint density at radius 1 is 1.21 bits per heavy atom. The summed E-state index contributed by atoms with van der Waals surface area (Å²) in [4.78, 5) is 13.1. The number of carboxylic acid groups (broad SMARTS) is 1. The SMILES string of the molecule is Cc1cc2c(c(-c3cccc(N4CC(C(=O)[O-])C4)c3)c1)CCCC(C)(C)O2.[Na+]. The largest absolute Gasteiger partial charge is 1.00 e. The summed E-state index contributed by atoms with van der Waals surface area (Å²) in [5.41, 5.74) is 5.77. The molecule has 0 aliphatic carbocycles. The Bertz CT molecular complexity index is 887. The van der Waals surface area contributed by atoms with Crippen molar-refractivity contribution in [2.45, 2.75) is 45.6 Å². The zero-order chi connectivity index (χ0) is 19.2. The van der Waals surface area contributed by atoms with Crippen molar-refractivity contribution in [2.75, 3.05) is 18.0 Å². The Labute approximate surface area is 189 Å². The standard InChI is InChI=1S/C23H27NO3.Na/c1-15-10-20(19-8-5-9-23(2,3)27-21(19)11-15)16-6-4-7-18(12-16)24-13-17(14-24)22(25)26;/h4,6-7,10-12,17H,5,8-9,13-14H2,1-3H3,(H,25,26);/q;+1/p-1. The number of hydrogen-bond acceptors (Lipinski definition) is 4. The van der Waals surface area contributed by atoms with Crippen molar-refractivity contribution in [3.63, 3.8) is 0 Å². The van der Waals surface area contributed by atoms with Crippen LogP contribution in [-0.2, 0) is 11.2 Å². The molecule has 0 aromatic heterocycles. The van der Waals surface area contributed by atoms with E-state index in [2.05, 4.69) is 49.9 Å². The zero-order valence-corrected chi connectivity index (χ0v) is 19.2. The minimum atomic E-state index is -0.953. The Kier molecular flexibility index (Phi) is 6.14. The van der Waals surface area contributed by atoms with E-state index in [4.69, 9.17) is 4.74 Å². The minimum Gasteiger partial charge on any atom is -0.550 e. The van der Waals surface area contributed by atoms with E-state index in [0.717, 1.165) is 36.3 Å². The maximum Gasteiger partial charge on any atom is 1.00 e. The van der Waals surface area contributed by atoms with E-state index >= 15 is 0 Å². The molecule has 1 fully saturated rings. The molecule has 0 atom stereocenters. The number of carboxylic acids is 1. The summed E-state index contributed by atoms with van der Waals surface area (Å²) in [6.07, 6.45) is 3.16. The molecular weight excluding hydrogens is 361 g/mol. The van der Waals surface area contributed by atoms with Gasteiger partial charge in [0.15, 0.2) is 0 Å². The Morgan fingerprint density at radius 3 is 2.68 bits per heavy atom. The monoisotopic (exact) mass is 387 g/mol. The van der Waals surface area contributed by atoms with Crippen molar-refractivity contribution in [3.05, 3.63) is 47.5 Å². The average Bonchev–Trinajstić information content (AvgIpc) is 2.69. The number of benzene rings is 2. The van der Waals surface area contributed by atoms with Gasteiger partial charge in [-0.1, -0.05) is 18.2 Å². The number of ether oxygens (including phenoxy) is 1. The first-order valence-electron chi connectivity index (χ1n) is 9.71. The number of aliphatic carboxylic acids is 1. The molecule has 0 unspecified atom stereocenters. The summed E-state index contributed by atoms with van der Waals surface area (Å²) in [5, 5.41) is 11.0. The summed E-state index contributed by atoms with van der Waals surface area (Å²) in [6.45, 7) is 7.46. The molecule has 1 saturated heterocycles. The van der Waals surface area contributed by atoms with Crippen molar-refractivity contribution in [1.29, 1.82) is 0 Å². The van der Waals surface area contributed by atoms with E-state index in [9.17, 15) is 9.90 Å². The maximum absolute atomic E-state index is 11.0. The van der Waals surface area contributed by atoms with Crippen LogP contribution in [0, 0.1) is 12.8 Å². The molecule has 0 saturated carbocycles. The zero-order valence-electron chi connectivity index (χ0n) is 17.2. The van der Waals surface area contributed by atoms with Gasteiger partial charge < -0.3 is 19.5 Å². The first kappa shape index (κ1) is 21.2. The van der Waals surface area contributed by atoms with Crippen molar-refractivity contribution < 1.29 is 44.2 Å². The van der Waals surface area contributed by atoms with Crippen LogP contribution in [0.25, 0.3) is 11.1 Å². The van der Waals surface area contributed by atoms with Crippen LogP contribution in [0.3, 0.4) is 0 Å². The van der Waals surface area contributed by atoms with Gasteiger partial charge in [0.25, 0.3) is 0 Å². The van der Waals surface area contributed by atoms with E-state index in [1.807, 2.05) is 12.1 Å². The maximum atomic E-state index is 11.0. The van der Waals surface area contributed by atoms with Gasteiger partial charge in [-0.25, -0.2) is 0 Å². The topological polar surface area (TPSA) is 52.6 Å². The van der Waals surface area contributed by atoms with Gasteiger partial charge in [0.2, 0.25) is 0 Å². The van der Waals surface area contributed by atoms with Crippen molar-refractivity contribution in [2.24, 2.45) is 5.92 Å². The second-order valence-corrected chi connectivity index (χ2v) is 8.48. The summed E-state index contributed by atoms with van der Waals surface area (Å²) in [5.74, 6) is -0.315. The third-order valence-corrected chi connectivity index (χ3v) is 5.68. The summed E-state index contributed by atoms with van der Waals surface area (Å²) in [6, 6.07) is 12.8. The molecule has 28 heavy (non-hydrogen) atoms. The fraction of sp³-hybridized carbons (Fsp3) is 0.435. The average molecular weight is 387 g/mol. The van der Waals surface area contributed by atoms with Gasteiger partial charge in [-0.3, -0.25) is 0 Å². The van der Waals surface area contributed by atoms with Gasteiger partial charge in [0, 0.05) is 36.2 Å². The number of fused-ring (bicyclic) bond motifs is 1. The van der Waals surface area contributed by atoms with Crippen LogP contribution in [0.15, 0.2) is 36.4 Å². The fourth-order valence-electron chi connectivity index (χ4n) is 4.14.